The number of hydrogen-bond donors (Lipinski definition) is 3. The highest BCUT2D eigenvalue weighted by Gasteiger charge is 2.34. The Hall–Kier alpha value is -3.27. The number of fused-ring (bicyclic) bond motifs is 1. The zero-order chi connectivity index (χ0) is 26.7. The van der Waals surface area contributed by atoms with Crippen LogP contribution < -0.4 is 15.8 Å². The minimum atomic E-state index is -3.88. The Morgan fingerprint density at radius 2 is 1.73 bits per heavy atom. The minimum Gasteiger partial charge on any atom is -0.341 e. The van der Waals surface area contributed by atoms with Crippen LogP contribution in [-0.2, 0) is 14.8 Å². The van der Waals surface area contributed by atoms with Crippen LogP contribution in [0.3, 0.4) is 0 Å². The number of rotatable bonds is 7. The second-order valence-electron chi connectivity index (χ2n) is 9.68. The number of sulfonamides is 1. The van der Waals surface area contributed by atoms with Gasteiger partial charge in [0, 0.05) is 41.2 Å². The summed E-state index contributed by atoms with van der Waals surface area (Å²) in [5.74, 6) is -0.393. The van der Waals surface area contributed by atoms with Gasteiger partial charge in [-0.15, -0.1) is 0 Å². The van der Waals surface area contributed by atoms with Crippen LogP contribution in [0.4, 0.5) is 5.69 Å². The van der Waals surface area contributed by atoms with Gasteiger partial charge in [0.1, 0.15) is 0 Å². The molecule has 1 aliphatic heterocycles. The molecule has 0 bridgehead atoms. The van der Waals surface area contributed by atoms with Crippen LogP contribution in [-0.4, -0.2) is 50.3 Å². The summed E-state index contributed by atoms with van der Waals surface area (Å²) < 4.78 is 30.1. The standard InChI is InChI=1S/C28H34N4O4S/c1-4-20-17-32(28(34)19(3)29)16-15-24(20)31-37(35,36)26-14-13-25(22-11-7-8-12-23(22)26)30-27(33)21-10-6-5-9-18(21)2/h5-14,19-20,24,31H,4,15-17,29H2,1-3H3,(H,30,33)/t19-,20+,24?/m0/s1. The third-order valence-electron chi connectivity index (χ3n) is 7.08. The van der Waals surface area contributed by atoms with E-state index in [1.807, 2.05) is 38.1 Å². The Kier molecular flexibility index (Phi) is 7.96. The molecule has 2 amide bonds. The molecule has 0 radical (unpaired) electrons. The van der Waals surface area contributed by atoms with E-state index in [2.05, 4.69) is 10.0 Å². The van der Waals surface area contributed by atoms with Crippen LogP contribution in [0.2, 0.25) is 0 Å². The second-order valence-corrected chi connectivity index (χ2v) is 11.4. The molecule has 4 rings (SSSR count). The van der Waals surface area contributed by atoms with Crippen molar-refractivity contribution in [1.82, 2.24) is 9.62 Å². The van der Waals surface area contributed by atoms with Crippen molar-refractivity contribution >= 4 is 38.3 Å². The van der Waals surface area contributed by atoms with Crippen LogP contribution in [0.5, 0.6) is 0 Å². The zero-order valence-corrected chi connectivity index (χ0v) is 22.2. The highest BCUT2D eigenvalue weighted by molar-refractivity contribution is 7.89. The van der Waals surface area contributed by atoms with E-state index in [1.165, 1.54) is 6.07 Å². The number of aryl methyl sites for hydroxylation is 1. The number of hydrogen-bond acceptors (Lipinski definition) is 5. The fourth-order valence-electron chi connectivity index (χ4n) is 4.98. The summed E-state index contributed by atoms with van der Waals surface area (Å²) in [5, 5.41) is 4.10. The van der Waals surface area contributed by atoms with Crippen molar-refractivity contribution in [1.29, 1.82) is 0 Å². The number of carbonyl (C=O) groups is 2. The van der Waals surface area contributed by atoms with Crippen molar-refractivity contribution in [2.24, 2.45) is 11.7 Å². The van der Waals surface area contributed by atoms with Crippen LogP contribution in [0.1, 0.15) is 42.6 Å². The largest absolute Gasteiger partial charge is 0.341 e. The number of nitrogens with zero attached hydrogens (tertiary/aromatic N) is 1. The number of nitrogens with one attached hydrogen (secondary N) is 2. The molecule has 1 heterocycles. The van der Waals surface area contributed by atoms with Gasteiger partial charge >= 0.3 is 0 Å². The maximum Gasteiger partial charge on any atom is 0.255 e. The Morgan fingerprint density at radius 3 is 2.41 bits per heavy atom. The third kappa shape index (κ3) is 5.69. The average Bonchev–Trinajstić information content (AvgIpc) is 2.88. The van der Waals surface area contributed by atoms with Gasteiger partial charge in [-0.05, 0) is 49.9 Å². The number of anilines is 1. The lowest BCUT2D eigenvalue weighted by Gasteiger charge is -2.39. The maximum absolute atomic E-state index is 13.6. The van der Waals surface area contributed by atoms with E-state index in [1.54, 1.807) is 42.2 Å². The lowest BCUT2D eigenvalue weighted by molar-refractivity contribution is -0.134. The van der Waals surface area contributed by atoms with Gasteiger partial charge in [0.15, 0.2) is 0 Å². The molecule has 1 aliphatic rings. The summed E-state index contributed by atoms with van der Waals surface area (Å²) in [7, 11) is -3.88. The van der Waals surface area contributed by atoms with Crippen molar-refractivity contribution < 1.29 is 18.0 Å². The molecule has 0 aliphatic carbocycles. The fourth-order valence-corrected chi connectivity index (χ4v) is 6.53. The van der Waals surface area contributed by atoms with Gasteiger partial charge < -0.3 is 16.0 Å². The van der Waals surface area contributed by atoms with E-state index in [0.717, 1.165) is 12.0 Å². The fraction of sp³-hybridized carbons (Fsp3) is 0.357. The molecule has 0 aromatic heterocycles. The van der Waals surface area contributed by atoms with E-state index in [4.69, 9.17) is 5.73 Å². The van der Waals surface area contributed by atoms with E-state index in [-0.39, 0.29) is 28.7 Å². The van der Waals surface area contributed by atoms with Crippen LogP contribution in [0.15, 0.2) is 65.6 Å². The van der Waals surface area contributed by atoms with Gasteiger partial charge in [-0.3, -0.25) is 9.59 Å². The van der Waals surface area contributed by atoms with Gasteiger partial charge in [-0.1, -0.05) is 55.8 Å². The highest BCUT2D eigenvalue weighted by Crippen LogP contribution is 2.31. The first-order valence-corrected chi connectivity index (χ1v) is 14.1. The number of benzene rings is 3. The molecule has 3 aromatic carbocycles. The highest BCUT2D eigenvalue weighted by atomic mass is 32.2. The Morgan fingerprint density at radius 1 is 1.05 bits per heavy atom. The first-order valence-electron chi connectivity index (χ1n) is 12.6. The molecule has 9 heteroatoms. The van der Waals surface area contributed by atoms with Crippen LogP contribution in [0, 0.1) is 12.8 Å². The van der Waals surface area contributed by atoms with Crippen molar-refractivity contribution in [3.8, 4) is 0 Å². The maximum atomic E-state index is 13.6. The summed E-state index contributed by atoms with van der Waals surface area (Å²) in [6.07, 6.45) is 1.24. The molecule has 8 nitrogen and oxygen atoms in total. The van der Waals surface area contributed by atoms with Gasteiger partial charge in [0.05, 0.1) is 10.9 Å². The lowest BCUT2D eigenvalue weighted by atomic mass is 9.90. The van der Waals surface area contributed by atoms with Crippen LogP contribution in [0.25, 0.3) is 10.8 Å². The molecule has 196 valence electrons. The van der Waals surface area contributed by atoms with Crippen molar-refractivity contribution in [2.75, 3.05) is 18.4 Å². The summed E-state index contributed by atoms with van der Waals surface area (Å²) >= 11 is 0. The minimum absolute atomic E-state index is 0.0230. The van der Waals surface area contributed by atoms with Crippen molar-refractivity contribution in [3.05, 3.63) is 71.8 Å². The van der Waals surface area contributed by atoms with Crippen molar-refractivity contribution in [3.63, 3.8) is 0 Å². The molecule has 0 spiro atoms. The van der Waals surface area contributed by atoms with Gasteiger partial charge in [0.2, 0.25) is 15.9 Å². The summed E-state index contributed by atoms with van der Waals surface area (Å²) in [6.45, 7) is 6.45. The number of likely N-dealkylation sites (tertiary alicyclic amines) is 1. The summed E-state index contributed by atoms with van der Waals surface area (Å²) in [6, 6.07) is 16.7. The molecule has 1 fully saturated rings. The molecule has 4 N–H and O–H groups in total. The predicted molar refractivity (Wildman–Crippen MR) is 146 cm³/mol. The van der Waals surface area contributed by atoms with E-state index >= 15 is 0 Å². The third-order valence-corrected chi connectivity index (χ3v) is 8.63. The SMILES string of the molecule is CC[C@@H]1CN(C(=O)[C@H](C)N)CCC1NS(=O)(=O)c1ccc(NC(=O)c2ccccc2C)c2ccccc12. The second kappa shape index (κ2) is 11.0. The first-order chi connectivity index (χ1) is 17.6. The molecule has 3 atom stereocenters. The van der Waals surface area contributed by atoms with E-state index < -0.39 is 16.1 Å². The smallest absolute Gasteiger partial charge is 0.255 e. The Balaban J connectivity index is 1.60. The monoisotopic (exact) mass is 522 g/mol. The first kappa shape index (κ1) is 26.8. The quantitative estimate of drug-likeness (QED) is 0.437. The lowest BCUT2D eigenvalue weighted by Crippen LogP contribution is -2.54. The average molecular weight is 523 g/mol. The van der Waals surface area contributed by atoms with Gasteiger partial charge in [-0.2, -0.15) is 0 Å². The summed E-state index contributed by atoms with van der Waals surface area (Å²) in [4.78, 5) is 27.2. The number of amides is 2. The predicted octanol–water partition coefficient (Wildman–Crippen LogP) is 3.65. The molecular weight excluding hydrogens is 488 g/mol. The summed E-state index contributed by atoms with van der Waals surface area (Å²) in [5.41, 5.74) is 7.72. The molecular formula is C28H34N4O4S. The van der Waals surface area contributed by atoms with Crippen molar-refractivity contribution in [2.45, 2.75) is 50.6 Å². The van der Waals surface area contributed by atoms with E-state index in [0.29, 0.717) is 41.5 Å². The normalized spacial score (nSPS) is 19.0. The van der Waals surface area contributed by atoms with Crippen LogP contribution >= 0.6 is 0 Å². The number of piperidine rings is 1. The molecule has 1 saturated heterocycles. The molecule has 1 unspecified atom stereocenters. The van der Waals surface area contributed by atoms with Gasteiger partial charge in [0.25, 0.3) is 5.91 Å². The zero-order valence-electron chi connectivity index (χ0n) is 21.4. The Labute approximate surface area is 218 Å². The molecule has 37 heavy (non-hydrogen) atoms. The number of carbonyl (C=O) groups excluding carboxylic acids is 2. The number of nitrogens with two attached hydrogens (primary N) is 1. The van der Waals surface area contributed by atoms with Gasteiger partial charge in [-0.25, -0.2) is 13.1 Å². The Bertz CT molecular complexity index is 1420. The molecule has 0 saturated carbocycles. The van der Waals surface area contributed by atoms with E-state index in [9.17, 15) is 18.0 Å². The topological polar surface area (TPSA) is 122 Å². The molecule has 3 aromatic rings.